The molecular formula is C29H32FN7O2. The molecule has 4 N–H and O–H groups in total. The zero-order valence-electron chi connectivity index (χ0n) is 22.0. The summed E-state index contributed by atoms with van der Waals surface area (Å²) in [5.74, 6) is -0.0128. The number of aliphatic hydroxyl groups is 1. The highest BCUT2D eigenvalue weighted by Crippen LogP contribution is 2.34. The number of halogens is 1. The third-order valence-electron chi connectivity index (χ3n) is 7.43. The number of hydrogen-bond acceptors (Lipinski definition) is 6. The third kappa shape index (κ3) is 5.78. The van der Waals surface area contributed by atoms with E-state index in [2.05, 4.69) is 32.0 Å². The van der Waals surface area contributed by atoms with Crippen LogP contribution in [0.2, 0.25) is 0 Å². The van der Waals surface area contributed by atoms with Gasteiger partial charge in [0.05, 0.1) is 46.4 Å². The average molecular weight is 530 g/mol. The summed E-state index contributed by atoms with van der Waals surface area (Å²) in [6.45, 7) is 2.45. The fourth-order valence-corrected chi connectivity index (χ4v) is 5.08. The minimum absolute atomic E-state index is 0.160. The lowest BCUT2D eigenvalue weighted by Crippen LogP contribution is -2.42. The molecule has 1 saturated carbocycles. The molecule has 1 atom stereocenters. The molecule has 1 fully saturated rings. The molecule has 0 saturated heterocycles. The van der Waals surface area contributed by atoms with Crippen LogP contribution in [-0.2, 0) is 0 Å². The number of fused-ring (bicyclic) bond motifs is 1. The number of nitrogens with one attached hydrogen (secondary N) is 3. The molecule has 202 valence electrons. The predicted octanol–water partition coefficient (Wildman–Crippen LogP) is 4.57. The fourth-order valence-electron chi connectivity index (χ4n) is 5.08. The molecular weight excluding hydrogens is 497 g/mol. The first-order valence-electron chi connectivity index (χ1n) is 13.2. The smallest absolute Gasteiger partial charge is 0.253 e. The highest BCUT2D eigenvalue weighted by molar-refractivity contribution is 6.00. The van der Waals surface area contributed by atoms with Crippen molar-refractivity contribution in [1.29, 1.82) is 5.26 Å². The first-order valence-corrected chi connectivity index (χ1v) is 13.2. The van der Waals surface area contributed by atoms with Gasteiger partial charge in [0.15, 0.2) is 0 Å². The van der Waals surface area contributed by atoms with Gasteiger partial charge in [0.2, 0.25) is 0 Å². The third-order valence-corrected chi connectivity index (χ3v) is 7.43. The first-order chi connectivity index (χ1) is 18.7. The molecule has 0 spiro atoms. The molecule has 0 radical (unpaired) electrons. The monoisotopic (exact) mass is 529 g/mol. The Morgan fingerprint density at radius 3 is 2.72 bits per heavy atom. The number of aromatic amines is 1. The standard InChI is InChI=1S/C29H32FN7O2/c1-29(2,39)27(30)17-32-28(38)23-9-5-20(26-10-8-22-13-18(15-31)16-34-37(22)26)14-25(23)35-21-6-3-19(4-7-21)24-11-12-33-36-24/h5,8-14,16,19,21,27,35,39H,3-4,6-7,17H2,1-2H3,(H,32,38)(H,33,36)/t19?,21?,27-/m1/s1. The molecule has 0 aliphatic heterocycles. The van der Waals surface area contributed by atoms with Crippen LogP contribution < -0.4 is 10.6 Å². The van der Waals surface area contributed by atoms with E-state index in [1.54, 1.807) is 16.6 Å². The van der Waals surface area contributed by atoms with E-state index < -0.39 is 17.7 Å². The average Bonchev–Trinajstić information content (AvgIpc) is 3.61. The van der Waals surface area contributed by atoms with Crippen LogP contribution in [0.15, 0.2) is 54.9 Å². The Morgan fingerprint density at radius 1 is 1.23 bits per heavy atom. The Balaban J connectivity index is 1.41. The number of benzene rings is 1. The Hall–Kier alpha value is -4.23. The summed E-state index contributed by atoms with van der Waals surface area (Å²) < 4.78 is 16.1. The lowest BCUT2D eigenvalue weighted by atomic mass is 9.84. The molecule has 1 amide bonds. The van der Waals surface area contributed by atoms with Gasteiger partial charge in [-0.15, -0.1) is 0 Å². The van der Waals surface area contributed by atoms with E-state index in [-0.39, 0.29) is 12.6 Å². The van der Waals surface area contributed by atoms with E-state index in [1.165, 1.54) is 20.0 Å². The summed E-state index contributed by atoms with van der Waals surface area (Å²) >= 11 is 0. The van der Waals surface area contributed by atoms with Crippen molar-refractivity contribution in [2.24, 2.45) is 0 Å². The van der Waals surface area contributed by atoms with E-state index in [0.29, 0.717) is 22.7 Å². The van der Waals surface area contributed by atoms with Crippen molar-refractivity contribution < 1.29 is 14.3 Å². The molecule has 1 aliphatic rings. The molecule has 39 heavy (non-hydrogen) atoms. The Bertz CT molecular complexity index is 1490. The van der Waals surface area contributed by atoms with Gasteiger partial charge in [-0.1, -0.05) is 6.07 Å². The SMILES string of the molecule is CC(C)(O)[C@H](F)CNC(=O)c1ccc(-c2ccc3cc(C#N)cnn23)cc1NC1CCC(c2cc[nH]n2)CC1. The van der Waals surface area contributed by atoms with Crippen LogP contribution in [0.4, 0.5) is 10.1 Å². The normalized spacial score (nSPS) is 18.4. The van der Waals surface area contributed by atoms with Gasteiger partial charge in [0.25, 0.3) is 5.91 Å². The van der Waals surface area contributed by atoms with Crippen LogP contribution in [0.3, 0.4) is 0 Å². The fraction of sp³-hybridized carbons (Fsp3) is 0.379. The van der Waals surface area contributed by atoms with Crippen molar-refractivity contribution >= 4 is 17.1 Å². The van der Waals surface area contributed by atoms with Gasteiger partial charge in [-0.25, -0.2) is 8.91 Å². The summed E-state index contributed by atoms with van der Waals surface area (Å²) in [5, 5.41) is 37.0. The zero-order chi connectivity index (χ0) is 27.6. The minimum atomic E-state index is -1.61. The molecule has 9 nitrogen and oxygen atoms in total. The molecule has 4 aromatic rings. The van der Waals surface area contributed by atoms with Gasteiger partial charge >= 0.3 is 0 Å². The Morgan fingerprint density at radius 2 is 2.03 bits per heavy atom. The summed E-state index contributed by atoms with van der Waals surface area (Å²) in [7, 11) is 0. The molecule has 3 heterocycles. The largest absolute Gasteiger partial charge is 0.387 e. The lowest BCUT2D eigenvalue weighted by Gasteiger charge is -2.30. The van der Waals surface area contributed by atoms with Crippen LogP contribution in [-0.4, -0.2) is 55.2 Å². The van der Waals surface area contributed by atoms with E-state index >= 15 is 0 Å². The van der Waals surface area contributed by atoms with Crippen molar-refractivity contribution in [1.82, 2.24) is 25.1 Å². The number of nitrogens with zero attached hydrogens (tertiary/aromatic N) is 4. The van der Waals surface area contributed by atoms with Crippen molar-refractivity contribution in [3.8, 4) is 17.3 Å². The second kappa shape index (κ2) is 10.9. The second-order valence-corrected chi connectivity index (χ2v) is 10.7. The van der Waals surface area contributed by atoms with E-state index in [0.717, 1.165) is 48.2 Å². The summed E-state index contributed by atoms with van der Waals surface area (Å²) in [6, 6.07) is 15.3. The second-order valence-electron chi connectivity index (χ2n) is 10.7. The van der Waals surface area contributed by atoms with Crippen LogP contribution >= 0.6 is 0 Å². The molecule has 0 bridgehead atoms. The van der Waals surface area contributed by atoms with Crippen molar-refractivity contribution in [2.75, 3.05) is 11.9 Å². The molecule has 5 rings (SSSR count). The number of anilines is 1. The number of aromatic nitrogens is 4. The van der Waals surface area contributed by atoms with Gasteiger partial charge in [-0.05, 0) is 75.9 Å². The van der Waals surface area contributed by atoms with Crippen LogP contribution in [0.5, 0.6) is 0 Å². The van der Waals surface area contributed by atoms with Gasteiger partial charge < -0.3 is 15.7 Å². The van der Waals surface area contributed by atoms with Crippen LogP contribution in [0, 0.1) is 11.3 Å². The maximum atomic E-state index is 14.3. The number of alkyl halides is 1. The van der Waals surface area contributed by atoms with E-state index in [9.17, 15) is 19.6 Å². The topological polar surface area (TPSA) is 131 Å². The van der Waals surface area contributed by atoms with Gasteiger partial charge in [-0.2, -0.15) is 15.5 Å². The molecule has 0 unspecified atom stereocenters. The number of hydrogen-bond donors (Lipinski definition) is 4. The minimum Gasteiger partial charge on any atom is -0.387 e. The molecule has 3 aromatic heterocycles. The molecule has 1 aliphatic carbocycles. The maximum absolute atomic E-state index is 14.3. The number of amides is 1. The highest BCUT2D eigenvalue weighted by atomic mass is 19.1. The molecule has 1 aromatic carbocycles. The number of rotatable bonds is 8. The number of nitriles is 1. The van der Waals surface area contributed by atoms with Gasteiger partial charge in [0.1, 0.15) is 12.2 Å². The van der Waals surface area contributed by atoms with Gasteiger partial charge in [0, 0.05) is 29.4 Å². The summed E-state index contributed by atoms with van der Waals surface area (Å²) in [6.07, 6.45) is 5.55. The van der Waals surface area contributed by atoms with E-state index in [4.69, 9.17) is 0 Å². The maximum Gasteiger partial charge on any atom is 0.253 e. The number of H-pyrrole nitrogens is 1. The lowest BCUT2D eigenvalue weighted by molar-refractivity contribution is -0.00177. The van der Waals surface area contributed by atoms with Crippen LogP contribution in [0.25, 0.3) is 16.8 Å². The summed E-state index contributed by atoms with van der Waals surface area (Å²) in [4.78, 5) is 13.2. The summed E-state index contributed by atoms with van der Waals surface area (Å²) in [5.41, 5.74) is 3.50. The number of carbonyl (C=O) groups excluding carboxylic acids is 1. The van der Waals surface area contributed by atoms with Crippen molar-refractivity contribution in [2.45, 2.75) is 63.3 Å². The predicted molar refractivity (Wildman–Crippen MR) is 146 cm³/mol. The van der Waals surface area contributed by atoms with Crippen molar-refractivity contribution in [3.63, 3.8) is 0 Å². The first kappa shape index (κ1) is 26.4. The Labute approximate surface area is 226 Å². The Kier molecular flexibility index (Phi) is 7.35. The quantitative estimate of drug-likeness (QED) is 0.264. The van der Waals surface area contributed by atoms with Crippen molar-refractivity contribution in [3.05, 3.63) is 71.7 Å². The number of carbonyl (C=O) groups is 1. The highest BCUT2D eigenvalue weighted by Gasteiger charge is 2.28. The van der Waals surface area contributed by atoms with E-state index in [1.807, 2.05) is 36.5 Å². The van der Waals surface area contributed by atoms with Crippen LogP contribution in [0.1, 0.15) is 67.1 Å². The molecule has 10 heteroatoms. The van der Waals surface area contributed by atoms with Gasteiger partial charge in [-0.3, -0.25) is 9.89 Å². The zero-order valence-corrected chi connectivity index (χ0v) is 22.0.